The van der Waals surface area contributed by atoms with Gasteiger partial charge in [0.05, 0.1) is 17.3 Å². The predicted octanol–water partition coefficient (Wildman–Crippen LogP) is 4.66. The Labute approximate surface area is 208 Å². The molecular weight excluding hydrogens is 440 g/mol. The standard InChI is InChI=1S/C24H30N4O3.C4H8/c1-16-8-10-25-17(2)22(16)23(29)28-14-19-12-27(13-20(19)15-28)11-9-21(26-24(30)31)18-6-4-3-5-7-18;1-2-4-3-1/h3-8,10,19-21,26H,9,11-15H2,1-2H3,(H,30,31);1-4H2/t19-,20?,21?;/m0./s1. The molecule has 3 fully saturated rings. The molecule has 188 valence electrons. The molecule has 1 aromatic carbocycles. The molecule has 2 unspecified atom stereocenters. The van der Waals surface area contributed by atoms with E-state index in [0.717, 1.165) is 61.5 Å². The molecule has 0 spiro atoms. The molecule has 0 radical (unpaired) electrons. The van der Waals surface area contributed by atoms with E-state index in [9.17, 15) is 14.7 Å². The molecule has 35 heavy (non-hydrogen) atoms. The molecule has 3 aliphatic rings. The van der Waals surface area contributed by atoms with Crippen LogP contribution in [0.3, 0.4) is 0 Å². The highest BCUT2D eigenvalue weighted by Crippen LogP contribution is 2.33. The number of hydrogen-bond acceptors (Lipinski definition) is 4. The van der Waals surface area contributed by atoms with Gasteiger partial charge in [0.25, 0.3) is 5.91 Å². The highest BCUT2D eigenvalue weighted by Gasteiger charge is 2.42. The summed E-state index contributed by atoms with van der Waals surface area (Å²) in [5.74, 6) is 1.05. The fraction of sp³-hybridized carbons (Fsp3) is 0.536. The Morgan fingerprint density at radius 3 is 2.17 bits per heavy atom. The fourth-order valence-electron chi connectivity index (χ4n) is 5.33. The molecule has 1 aromatic heterocycles. The zero-order valence-corrected chi connectivity index (χ0v) is 20.9. The Morgan fingerprint density at radius 1 is 1.00 bits per heavy atom. The largest absolute Gasteiger partial charge is 0.465 e. The van der Waals surface area contributed by atoms with Crippen molar-refractivity contribution in [2.24, 2.45) is 11.8 Å². The smallest absolute Gasteiger partial charge is 0.405 e. The first kappa shape index (κ1) is 25.2. The van der Waals surface area contributed by atoms with Crippen molar-refractivity contribution >= 4 is 12.0 Å². The van der Waals surface area contributed by atoms with Crippen molar-refractivity contribution in [1.82, 2.24) is 20.1 Å². The molecule has 3 heterocycles. The third kappa shape index (κ3) is 6.40. The maximum atomic E-state index is 13.1. The summed E-state index contributed by atoms with van der Waals surface area (Å²) in [6.07, 6.45) is 7.48. The van der Waals surface area contributed by atoms with Crippen molar-refractivity contribution in [3.63, 3.8) is 0 Å². The number of carbonyl (C=O) groups is 2. The van der Waals surface area contributed by atoms with Crippen LogP contribution in [0.4, 0.5) is 4.79 Å². The number of nitrogens with zero attached hydrogens (tertiary/aromatic N) is 3. The van der Waals surface area contributed by atoms with Gasteiger partial charge in [0.2, 0.25) is 0 Å². The van der Waals surface area contributed by atoms with Crippen LogP contribution in [0.5, 0.6) is 0 Å². The number of fused-ring (bicyclic) bond motifs is 1. The summed E-state index contributed by atoms with van der Waals surface area (Å²) in [4.78, 5) is 33.0. The molecule has 2 aromatic rings. The van der Waals surface area contributed by atoms with Crippen molar-refractivity contribution in [3.8, 4) is 0 Å². The number of rotatable bonds is 6. The average Bonchev–Trinajstić information content (AvgIpc) is 3.34. The van der Waals surface area contributed by atoms with Crippen molar-refractivity contribution in [2.45, 2.75) is 52.0 Å². The Morgan fingerprint density at radius 2 is 1.63 bits per heavy atom. The van der Waals surface area contributed by atoms with Crippen LogP contribution in [0.2, 0.25) is 0 Å². The fourth-order valence-corrected chi connectivity index (χ4v) is 5.33. The second kappa shape index (κ2) is 11.7. The second-order valence-corrected chi connectivity index (χ2v) is 10.2. The van der Waals surface area contributed by atoms with Crippen LogP contribution in [0.25, 0.3) is 0 Å². The Balaban J connectivity index is 0.000000656. The monoisotopic (exact) mass is 478 g/mol. The van der Waals surface area contributed by atoms with Crippen LogP contribution in [-0.4, -0.2) is 64.6 Å². The van der Waals surface area contributed by atoms with Crippen LogP contribution >= 0.6 is 0 Å². The van der Waals surface area contributed by atoms with E-state index in [1.165, 1.54) is 25.7 Å². The second-order valence-electron chi connectivity index (χ2n) is 10.2. The summed E-state index contributed by atoms with van der Waals surface area (Å²) in [7, 11) is 0. The molecule has 2 N–H and O–H groups in total. The molecule has 7 heteroatoms. The normalized spacial score (nSPS) is 21.9. The van der Waals surface area contributed by atoms with Crippen molar-refractivity contribution < 1.29 is 14.7 Å². The maximum absolute atomic E-state index is 13.1. The van der Waals surface area contributed by atoms with Gasteiger partial charge in [0.1, 0.15) is 0 Å². The molecule has 2 amide bonds. The van der Waals surface area contributed by atoms with Gasteiger partial charge in [-0.1, -0.05) is 56.0 Å². The Hall–Kier alpha value is -2.93. The van der Waals surface area contributed by atoms with E-state index < -0.39 is 6.09 Å². The van der Waals surface area contributed by atoms with Crippen LogP contribution < -0.4 is 5.32 Å². The Kier molecular flexibility index (Phi) is 8.39. The number of benzene rings is 1. The molecule has 1 aliphatic carbocycles. The zero-order chi connectivity index (χ0) is 24.8. The summed E-state index contributed by atoms with van der Waals surface area (Å²) >= 11 is 0. The zero-order valence-electron chi connectivity index (χ0n) is 20.9. The van der Waals surface area contributed by atoms with Crippen molar-refractivity contribution in [3.05, 3.63) is 65.0 Å². The number of carboxylic acid groups (broad SMARTS) is 1. The van der Waals surface area contributed by atoms with Crippen LogP contribution in [0.15, 0.2) is 42.6 Å². The topological polar surface area (TPSA) is 85.8 Å². The van der Waals surface area contributed by atoms with E-state index in [1.54, 1.807) is 6.20 Å². The molecule has 0 bridgehead atoms. The summed E-state index contributed by atoms with van der Waals surface area (Å²) < 4.78 is 0. The van der Waals surface area contributed by atoms with E-state index in [2.05, 4.69) is 15.2 Å². The van der Waals surface area contributed by atoms with Gasteiger partial charge in [-0.25, -0.2) is 4.79 Å². The minimum Gasteiger partial charge on any atom is -0.465 e. The van der Waals surface area contributed by atoms with Crippen molar-refractivity contribution in [1.29, 1.82) is 0 Å². The lowest BCUT2D eigenvalue weighted by atomic mass is 10.0. The van der Waals surface area contributed by atoms with Gasteiger partial charge in [-0.3, -0.25) is 9.78 Å². The first-order chi connectivity index (χ1) is 16.9. The van der Waals surface area contributed by atoms with Gasteiger partial charge in [-0.15, -0.1) is 0 Å². The van der Waals surface area contributed by atoms with Crippen LogP contribution in [0, 0.1) is 25.7 Å². The lowest BCUT2D eigenvalue weighted by molar-refractivity contribution is 0.0772. The molecule has 2 aliphatic heterocycles. The van der Waals surface area contributed by atoms with E-state index in [4.69, 9.17) is 0 Å². The number of nitrogens with one attached hydrogen (secondary N) is 1. The third-order valence-electron chi connectivity index (χ3n) is 7.65. The summed E-state index contributed by atoms with van der Waals surface area (Å²) in [5, 5.41) is 11.9. The highest BCUT2D eigenvalue weighted by atomic mass is 16.4. The number of carbonyl (C=O) groups excluding carboxylic acids is 1. The summed E-state index contributed by atoms with van der Waals surface area (Å²) in [6.45, 7) is 8.16. The highest BCUT2D eigenvalue weighted by molar-refractivity contribution is 5.96. The average molecular weight is 479 g/mol. The number of amides is 2. The number of aromatic nitrogens is 1. The minimum absolute atomic E-state index is 0.0962. The molecular formula is C28H38N4O3. The number of aryl methyl sites for hydroxylation is 2. The van der Waals surface area contributed by atoms with E-state index in [-0.39, 0.29) is 11.9 Å². The summed E-state index contributed by atoms with van der Waals surface area (Å²) in [6, 6.07) is 11.4. The maximum Gasteiger partial charge on any atom is 0.405 e. The third-order valence-corrected chi connectivity index (χ3v) is 7.65. The van der Waals surface area contributed by atoms with Gasteiger partial charge in [-0.05, 0) is 49.3 Å². The predicted molar refractivity (Wildman–Crippen MR) is 136 cm³/mol. The molecule has 1 saturated carbocycles. The number of pyridine rings is 1. The first-order valence-electron chi connectivity index (χ1n) is 12.9. The van der Waals surface area contributed by atoms with Crippen molar-refractivity contribution in [2.75, 3.05) is 32.7 Å². The first-order valence-corrected chi connectivity index (χ1v) is 12.9. The molecule has 3 atom stereocenters. The van der Waals surface area contributed by atoms with Crippen LogP contribution in [-0.2, 0) is 0 Å². The van der Waals surface area contributed by atoms with Gasteiger partial charge in [0, 0.05) is 38.9 Å². The Bertz CT molecular complexity index is 970. The number of hydrogen-bond donors (Lipinski definition) is 2. The molecule has 2 saturated heterocycles. The lowest BCUT2D eigenvalue weighted by Gasteiger charge is -2.24. The van der Waals surface area contributed by atoms with E-state index in [0.29, 0.717) is 11.8 Å². The number of likely N-dealkylation sites (tertiary alicyclic amines) is 2. The van der Waals surface area contributed by atoms with Crippen LogP contribution in [0.1, 0.15) is 65.3 Å². The quantitative estimate of drug-likeness (QED) is 0.631. The van der Waals surface area contributed by atoms with Gasteiger partial charge in [0.15, 0.2) is 0 Å². The summed E-state index contributed by atoms with van der Waals surface area (Å²) in [5.41, 5.74) is 3.50. The minimum atomic E-state index is -0.998. The van der Waals surface area contributed by atoms with E-state index >= 15 is 0 Å². The SMILES string of the molecule is C1CCC1.Cc1ccnc(C)c1C(=O)N1CC2CN(CCC(NC(=O)O)c3ccccc3)C[C@H]2C1. The lowest BCUT2D eigenvalue weighted by Crippen LogP contribution is -2.35. The van der Waals surface area contributed by atoms with Gasteiger partial charge in [-0.2, -0.15) is 0 Å². The van der Waals surface area contributed by atoms with Gasteiger partial charge < -0.3 is 20.2 Å². The van der Waals surface area contributed by atoms with E-state index in [1.807, 2.05) is 55.1 Å². The van der Waals surface area contributed by atoms with Gasteiger partial charge >= 0.3 is 6.09 Å². The molecule has 7 nitrogen and oxygen atoms in total. The molecule has 5 rings (SSSR count).